The number of nitrogens with zero attached hydrogens (tertiary/aromatic N) is 3. The van der Waals surface area contributed by atoms with Crippen LogP contribution in [0, 0.1) is 5.82 Å². The Hall–Kier alpha value is -2.38. The number of nitrogens with two attached hydrogens (primary N) is 1. The van der Waals surface area contributed by atoms with Crippen molar-refractivity contribution in [2.45, 2.75) is 19.5 Å². The maximum atomic E-state index is 13.0. The second kappa shape index (κ2) is 8.54. The molecule has 1 aliphatic heterocycles. The maximum absolute atomic E-state index is 13.0. The number of pyridine rings is 1. The van der Waals surface area contributed by atoms with E-state index in [-0.39, 0.29) is 30.3 Å². The van der Waals surface area contributed by atoms with E-state index >= 15 is 0 Å². The number of anilines is 1. The van der Waals surface area contributed by atoms with E-state index in [1.165, 1.54) is 24.4 Å². The molecule has 3 rings (SSSR count). The number of aromatic nitrogens is 1. The van der Waals surface area contributed by atoms with Crippen LogP contribution in [0.1, 0.15) is 12.5 Å². The Morgan fingerprint density at radius 3 is 2.78 bits per heavy atom. The fourth-order valence-corrected chi connectivity index (χ4v) is 3.34. The van der Waals surface area contributed by atoms with Crippen molar-refractivity contribution in [1.82, 2.24) is 14.8 Å². The van der Waals surface area contributed by atoms with Gasteiger partial charge < -0.3 is 15.4 Å². The van der Waals surface area contributed by atoms with Gasteiger partial charge in [0.1, 0.15) is 5.82 Å². The largest absolute Gasteiger partial charge is 0.466 e. The van der Waals surface area contributed by atoms with Crippen LogP contribution in [0.5, 0.6) is 5.88 Å². The van der Waals surface area contributed by atoms with Gasteiger partial charge in [-0.1, -0.05) is 23.7 Å². The van der Waals surface area contributed by atoms with Gasteiger partial charge in [-0.05, 0) is 30.7 Å². The molecule has 1 aromatic heterocycles. The number of nitrogen functional groups attached to an aromatic ring is 1. The molecule has 1 atom stereocenters. The standard InChI is InChI=1S/C19H22ClFN4O2/c1-13-10-24(11-14-2-4-16(21)5-3-14)6-7-25(13)18(26)12-27-19-17(22)8-15(20)9-23-19/h2-5,8-9,13H,6-7,10-12,22H2,1H3/t13-/m1/s1. The SMILES string of the molecule is C[C@@H]1CN(Cc2ccc(F)cc2)CCN1C(=O)COc1ncc(Cl)cc1N. The minimum absolute atomic E-state index is 0.0471. The number of rotatable bonds is 5. The van der Waals surface area contributed by atoms with Gasteiger partial charge >= 0.3 is 0 Å². The topological polar surface area (TPSA) is 71.7 Å². The summed E-state index contributed by atoms with van der Waals surface area (Å²) in [6, 6.07) is 8.08. The van der Waals surface area contributed by atoms with Crippen molar-refractivity contribution >= 4 is 23.2 Å². The van der Waals surface area contributed by atoms with E-state index in [4.69, 9.17) is 22.1 Å². The second-order valence-corrected chi connectivity index (χ2v) is 7.07. The summed E-state index contributed by atoms with van der Waals surface area (Å²) in [5.74, 6) is -0.145. The van der Waals surface area contributed by atoms with Crippen molar-refractivity contribution in [3.05, 3.63) is 52.9 Å². The summed E-state index contributed by atoms with van der Waals surface area (Å²) >= 11 is 5.80. The molecular weight excluding hydrogens is 371 g/mol. The number of carbonyl (C=O) groups excluding carboxylic acids is 1. The van der Waals surface area contributed by atoms with Gasteiger partial charge in [0.05, 0.1) is 10.7 Å². The van der Waals surface area contributed by atoms with Gasteiger partial charge in [0.2, 0.25) is 5.88 Å². The fourth-order valence-electron chi connectivity index (χ4n) is 3.17. The zero-order valence-electron chi connectivity index (χ0n) is 15.1. The summed E-state index contributed by atoms with van der Waals surface area (Å²) < 4.78 is 18.5. The summed E-state index contributed by atoms with van der Waals surface area (Å²) in [6.45, 7) is 4.70. The Morgan fingerprint density at radius 1 is 1.37 bits per heavy atom. The zero-order chi connectivity index (χ0) is 19.4. The van der Waals surface area contributed by atoms with Crippen molar-refractivity contribution in [3.8, 4) is 5.88 Å². The fraction of sp³-hybridized carbons (Fsp3) is 0.368. The van der Waals surface area contributed by atoms with Crippen LogP contribution in [-0.4, -0.2) is 53.0 Å². The number of ether oxygens (including phenoxy) is 1. The number of hydrogen-bond acceptors (Lipinski definition) is 5. The van der Waals surface area contributed by atoms with Crippen LogP contribution in [0.25, 0.3) is 0 Å². The molecule has 0 bridgehead atoms. The van der Waals surface area contributed by atoms with Crippen LogP contribution in [-0.2, 0) is 11.3 Å². The number of hydrogen-bond donors (Lipinski definition) is 1. The number of carbonyl (C=O) groups is 1. The van der Waals surface area contributed by atoms with Gasteiger partial charge in [-0.25, -0.2) is 9.37 Å². The molecule has 8 heteroatoms. The van der Waals surface area contributed by atoms with Crippen LogP contribution in [0.3, 0.4) is 0 Å². The van der Waals surface area contributed by atoms with Crippen LogP contribution < -0.4 is 10.5 Å². The average molecular weight is 393 g/mol. The smallest absolute Gasteiger partial charge is 0.260 e. The molecule has 0 saturated carbocycles. The molecule has 144 valence electrons. The Bertz CT molecular complexity index is 803. The highest BCUT2D eigenvalue weighted by molar-refractivity contribution is 6.30. The van der Waals surface area contributed by atoms with Gasteiger partial charge in [-0.2, -0.15) is 0 Å². The number of piperazine rings is 1. The lowest BCUT2D eigenvalue weighted by molar-refractivity contribution is -0.138. The van der Waals surface area contributed by atoms with Crippen molar-refractivity contribution in [1.29, 1.82) is 0 Å². The van der Waals surface area contributed by atoms with E-state index < -0.39 is 0 Å². The predicted molar refractivity (Wildman–Crippen MR) is 102 cm³/mol. The zero-order valence-corrected chi connectivity index (χ0v) is 15.8. The molecule has 2 N–H and O–H groups in total. The van der Waals surface area contributed by atoms with Crippen molar-refractivity contribution in [2.75, 3.05) is 32.0 Å². The Morgan fingerprint density at radius 2 is 2.11 bits per heavy atom. The van der Waals surface area contributed by atoms with Crippen LogP contribution in [0.2, 0.25) is 5.02 Å². The van der Waals surface area contributed by atoms with Crippen LogP contribution >= 0.6 is 11.6 Å². The molecular formula is C19H22ClFN4O2. The highest BCUT2D eigenvalue weighted by Crippen LogP contribution is 2.22. The third kappa shape index (κ3) is 5.08. The molecule has 2 heterocycles. The Labute approximate surface area is 162 Å². The lowest BCUT2D eigenvalue weighted by Crippen LogP contribution is -2.54. The third-order valence-corrected chi connectivity index (χ3v) is 4.74. The molecule has 0 unspecified atom stereocenters. The summed E-state index contributed by atoms with van der Waals surface area (Å²) in [4.78, 5) is 20.6. The lowest BCUT2D eigenvalue weighted by atomic mass is 10.1. The van der Waals surface area contributed by atoms with E-state index in [1.807, 2.05) is 6.92 Å². The molecule has 0 spiro atoms. The number of amides is 1. The van der Waals surface area contributed by atoms with Gasteiger partial charge in [0.15, 0.2) is 6.61 Å². The van der Waals surface area contributed by atoms with Gasteiger partial charge in [-0.15, -0.1) is 0 Å². The third-order valence-electron chi connectivity index (χ3n) is 4.53. The van der Waals surface area contributed by atoms with E-state index in [2.05, 4.69) is 9.88 Å². The summed E-state index contributed by atoms with van der Waals surface area (Å²) in [6.07, 6.45) is 1.43. The van der Waals surface area contributed by atoms with E-state index in [1.54, 1.807) is 17.0 Å². The van der Waals surface area contributed by atoms with Crippen molar-refractivity contribution < 1.29 is 13.9 Å². The summed E-state index contributed by atoms with van der Waals surface area (Å²) in [5, 5.41) is 0.414. The van der Waals surface area contributed by atoms with Crippen LogP contribution in [0.15, 0.2) is 36.5 Å². The predicted octanol–water partition coefficient (Wildman–Crippen LogP) is 2.57. The molecule has 27 heavy (non-hydrogen) atoms. The Balaban J connectivity index is 1.51. The van der Waals surface area contributed by atoms with E-state index in [9.17, 15) is 9.18 Å². The Kier molecular flexibility index (Phi) is 6.13. The molecule has 1 aliphatic rings. The normalized spacial score (nSPS) is 17.7. The maximum Gasteiger partial charge on any atom is 0.260 e. The molecule has 0 aliphatic carbocycles. The first-order valence-corrected chi connectivity index (χ1v) is 9.10. The van der Waals surface area contributed by atoms with Crippen LogP contribution in [0.4, 0.5) is 10.1 Å². The number of benzene rings is 1. The first-order valence-electron chi connectivity index (χ1n) is 8.72. The van der Waals surface area contributed by atoms with Crippen molar-refractivity contribution in [3.63, 3.8) is 0 Å². The average Bonchev–Trinajstić information content (AvgIpc) is 2.63. The molecule has 0 radical (unpaired) electrons. The van der Waals surface area contributed by atoms with Gasteiger partial charge in [0.25, 0.3) is 5.91 Å². The first kappa shape index (κ1) is 19.4. The molecule has 2 aromatic rings. The monoisotopic (exact) mass is 392 g/mol. The van der Waals surface area contributed by atoms with Crippen molar-refractivity contribution in [2.24, 2.45) is 0 Å². The molecule has 1 amide bonds. The molecule has 6 nitrogen and oxygen atoms in total. The minimum atomic E-state index is -0.238. The minimum Gasteiger partial charge on any atom is -0.466 e. The quantitative estimate of drug-likeness (QED) is 0.846. The molecule has 1 saturated heterocycles. The summed E-state index contributed by atoms with van der Waals surface area (Å²) in [7, 11) is 0. The van der Waals surface area contributed by atoms with Gasteiger partial charge in [-0.3, -0.25) is 9.69 Å². The second-order valence-electron chi connectivity index (χ2n) is 6.63. The van der Waals surface area contributed by atoms with E-state index in [0.717, 1.165) is 25.2 Å². The highest BCUT2D eigenvalue weighted by atomic mass is 35.5. The first-order chi connectivity index (χ1) is 12.9. The van der Waals surface area contributed by atoms with E-state index in [0.29, 0.717) is 17.3 Å². The molecule has 1 aromatic carbocycles. The van der Waals surface area contributed by atoms with Gasteiger partial charge in [0, 0.05) is 38.4 Å². The highest BCUT2D eigenvalue weighted by Gasteiger charge is 2.27. The molecule has 1 fully saturated rings. The summed E-state index contributed by atoms with van der Waals surface area (Å²) in [5.41, 5.74) is 7.14. The lowest BCUT2D eigenvalue weighted by Gasteiger charge is -2.39. The number of halogens is 2.